The fourth-order valence-electron chi connectivity index (χ4n) is 2.88. The predicted molar refractivity (Wildman–Crippen MR) is 99.2 cm³/mol. The van der Waals surface area contributed by atoms with Crippen molar-refractivity contribution in [3.05, 3.63) is 64.0 Å². The standard InChI is InChI=1S/C20H15NO7/c1-25-19(23)12-9-16-17(27-7-6-26-16)10-14(12)21-18(22)13-8-11-4-2-3-5-15(11)28-20(13)24/h2-5,8-10H,6-7H2,1H3,(H,21,22). The number of anilines is 1. The molecule has 0 spiro atoms. The number of benzene rings is 2. The van der Waals surface area contributed by atoms with Gasteiger partial charge in [-0.1, -0.05) is 18.2 Å². The molecule has 1 N–H and O–H groups in total. The van der Waals surface area contributed by atoms with E-state index in [4.69, 9.17) is 18.6 Å². The van der Waals surface area contributed by atoms with Gasteiger partial charge in [-0.3, -0.25) is 4.79 Å². The molecule has 1 aliphatic rings. The lowest BCUT2D eigenvalue weighted by molar-refractivity contribution is 0.0601. The second kappa shape index (κ2) is 7.07. The van der Waals surface area contributed by atoms with Crippen LogP contribution in [0.15, 0.2) is 51.7 Å². The molecule has 0 saturated carbocycles. The lowest BCUT2D eigenvalue weighted by Gasteiger charge is -2.20. The molecular weight excluding hydrogens is 366 g/mol. The number of methoxy groups -OCH3 is 1. The number of carbonyl (C=O) groups is 2. The lowest BCUT2D eigenvalue weighted by Crippen LogP contribution is -2.23. The first-order valence-electron chi connectivity index (χ1n) is 8.43. The smallest absolute Gasteiger partial charge is 0.349 e. The van der Waals surface area contributed by atoms with E-state index in [-0.39, 0.29) is 16.8 Å². The molecule has 0 aliphatic carbocycles. The molecular formula is C20H15NO7. The van der Waals surface area contributed by atoms with Crippen LogP contribution in [0.5, 0.6) is 11.5 Å². The normalized spacial score (nSPS) is 12.5. The van der Waals surface area contributed by atoms with Gasteiger partial charge in [0.1, 0.15) is 24.4 Å². The molecule has 2 aromatic carbocycles. The number of ether oxygens (including phenoxy) is 3. The van der Waals surface area contributed by atoms with Crippen molar-refractivity contribution < 1.29 is 28.2 Å². The minimum absolute atomic E-state index is 0.0743. The van der Waals surface area contributed by atoms with E-state index in [1.165, 1.54) is 25.3 Å². The number of esters is 1. The highest BCUT2D eigenvalue weighted by molar-refractivity contribution is 6.09. The number of hydrogen-bond donors (Lipinski definition) is 1. The fraction of sp³-hybridized carbons (Fsp3) is 0.150. The number of carbonyl (C=O) groups excluding carboxylic acids is 2. The van der Waals surface area contributed by atoms with Crippen molar-refractivity contribution in [3.8, 4) is 11.5 Å². The van der Waals surface area contributed by atoms with Gasteiger partial charge in [0.15, 0.2) is 11.5 Å². The van der Waals surface area contributed by atoms with E-state index >= 15 is 0 Å². The van der Waals surface area contributed by atoms with Crippen molar-refractivity contribution in [3.63, 3.8) is 0 Å². The molecule has 1 aromatic heterocycles. The van der Waals surface area contributed by atoms with E-state index < -0.39 is 17.5 Å². The zero-order valence-corrected chi connectivity index (χ0v) is 14.8. The number of para-hydroxylation sites is 1. The number of amides is 1. The Balaban J connectivity index is 1.74. The maximum absolute atomic E-state index is 12.7. The largest absolute Gasteiger partial charge is 0.486 e. The summed E-state index contributed by atoms with van der Waals surface area (Å²) < 4.78 is 20.9. The third-order valence-corrected chi connectivity index (χ3v) is 4.22. The summed E-state index contributed by atoms with van der Waals surface area (Å²) >= 11 is 0. The van der Waals surface area contributed by atoms with Gasteiger partial charge >= 0.3 is 11.6 Å². The fourth-order valence-corrected chi connectivity index (χ4v) is 2.88. The summed E-state index contributed by atoms with van der Waals surface area (Å²) in [6.07, 6.45) is 0. The SMILES string of the molecule is COC(=O)c1cc2c(cc1NC(=O)c1cc3ccccc3oc1=O)OCCO2. The van der Waals surface area contributed by atoms with Gasteiger partial charge in [0.2, 0.25) is 0 Å². The van der Waals surface area contributed by atoms with Crippen LogP contribution >= 0.6 is 0 Å². The van der Waals surface area contributed by atoms with Crippen molar-refractivity contribution >= 4 is 28.5 Å². The molecule has 0 saturated heterocycles. The zero-order valence-electron chi connectivity index (χ0n) is 14.8. The van der Waals surface area contributed by atoms with E-state index in [0.29, 0.717) is 35.7 Å². The summed E-state index contributed by atoms with van der Waals surface area (Å²) in [5, 5.41) is 3.16. The minimum Gasteiger partial charge on any atom is -0.486 e. The van der Waals surface area contributed by atoms with Crippen LogP contribution in [0, 0.1) is 0 Å². The monoisotopic (exact) mass is 381 g/mol. The van der Waals surface area contributed by atoms with E-state index in [1.807, 2.05) is 0 Å². The van der Waals surface area contributed by atoms with Crippen LogP contribution in [0.2, 0.25) is 0 Å². The predicted octanol–water partition coefficient (Wildman–Crippen LogP) is 2.60. The van der Waals surface area contributed by atoms with Crippen molar-refractivity contribution in [2.45, 2.75) is 0 Å². The summed E-state index contributed by atoms with van der Waals surface area (Å²) in [5.41, 5.74) is -0.393. The van der Waals surface area contributed by atoms with Gasteiger partial charge < -0.3 is 23.9 Å². The van der Waals surface area contributed by atoms with Crippen LogP contribution < -0.4 is 20.4 Å². The van der Waals surface area contributed by atoms with Crippen molar-refractivity contribution in [2.24, 2.45) is 0 Å². The summed E-state index contributed by atoms with van der Waals surface area (Å²) in [4.78, 5) is 37.1. The second-order valence-electron chi connectivity index (χ2n) is 5.97. The molecule has 0 unspecified atom stereocenters. The molecule has 4 rings (SSSR count). The second-order valence-corrected chi connectivity index (χ2v) is 5.97. The summed E-state index contributed by atoms with van der Waals surface area (Å²) in [6, 6.07) is 11.2. The van der Waals surface area contributed by atoms with Crippen molar-refractivity contribution in [1.82, 2.24) is 0 Å². The minimum atomic E-state index is -0.784. The van der Waals surface area contributed by atoms with Gasteiger partial charge in [-0.2, -0.15) is 0 Å². The molecule has 1 aliphatic heterocycles. The number of hydrogen-bond acceptors (Lipinski definition) is 7. The summed E-state index contributed by atoms with van der Waals surface area (Å²) in [7, 11) is 1.22. The van der Waals surface area contributed by atoms with Crippen LogP contribution in [-0.2, 0) is 4.74 Å². The Morgan fingerprint density at radius 1 is 1.00 bits per heavy atom. The highest BCUT2D eigenvalue weighted by Gasteiger charge is 2.23. The zero-order chi connectivity index (χ0) is 19.7. The van der Waals surface area contributed by atoms with Crippen LogP contribution in [0.4, 0.5) is 5.69 Å². The summed E-state index contributed by atoms with van der Waals surface area (Å²) in [5.74, 6) is -0.645. The molecule has 0 atom stereocenters. The number of fused-ring (bicyclic) bond motifs is 2. The molecule has 2 heterocycles. The first kappa shape index (κ1) is 17.6. The molecule has 8 nitrogen and oxygen atoms in total. The quantitative estimate of drug-likeness (QED) is 0.549. The molecule has 0 fully saturated rings. The lowest BCUT2D eigenvalue weighted by atomic mass is 10.1. The van der Waals surface area contributed by atoms with Gasteiger partial charge in [0.25, 0.3) is 5.91 Å². The van der Waals surface area contributed by atoms with Gasteiger partial charge in [0.05, 0.1) is 18.4 Å². The third-order valence-electron chi connectivity index (χ3n) is 4.22. The molecule has 28 heavy (non-hydrogen) atoms. The van der Waals surface area contributed by atoms with E-state index in [1.54, 1.807) is 24.3 Å². The van der Waals surface area contributed by atoms with Gasteiger partial charge in [-0.15, -0.1) is 0 Å². The first-order valence-corrected chi connectivity index (χ1v) is 8.43. The molecule has 0 bridgehead atoms. The highest BCUT2D eigenvalue weighted by atomic mass is 16.6. The van der Waals surface area contributed by atoms with Gasteiger partial charge in [-0.05, 0) is 12.1 Å². The molecule has 3 aromatic rings. The molecule has 1 amide bonds. The van der Waals surface area contributed by atoms with Crippen LogP contribution in [0.1, 0.15) is 20.7 Å². The Morgan fingerprint density at radius 3 is 2.46 bits per heavy atom. The van der Waals surface area contributed by atoms with Crippen molar-refractivity contribution in [2.75, 3.05) is 25.6 Å². The summed E-state index contributed by atoms with van der Waals surface area (Å²) in [6.45, 7) is 0.684. The van der Waals surface area contributed by atoms with Gasteiger partial charge in [0, 0.05) is 17.5 Å². The topological polar surface area (TPSA) is 104 Å². The Kier molecular flexibility index (Phi) is 4.44. The maximum atomic E-state index is 12.7. The third kappa shape index (κ3) is 3.16. The molecule has 142 valence electrons. The van der Waals surface area contributed by atoms with E-state index in [9.17, 15) is 14.4 Å². The van der Waals surface area contributed by atoms with Crippen LogP contribution in [-0.4, -0.2) is 32.2 Å². The average Bonchev–Trinajstić information content (AvgIpc) is 2.72. The number of rotatable bonds is 3. The Labute approximate surface area is 158 Å². The molecule has 8 heteroatoms. The van der Waals surface area contributed by atoms with Crippen molar-refractivity contribution in [1.29, 1.82) is 0 Å². The maximum Gasteiger partial charge on any atom is 0.349 e. The van der Waals surface area contributed by atoms with E-state index in [2.05, 4.69) is 5.32 Å². The van der Waals surface area contributed by atoms with Gasteiger partial charge in [-0.25, -0.2) is 9.59 Å². The first-order chi connectivity index (χ1) is 13.6. The highest BCUT2D eigenvalue weighted by Crippen LogP contribution is 2.36. The Bertz CT molecular complexity index is 1150. The molecule has 0 radical (unpaired) electrons. The van der Waals surface area contributed by atoms with Crippen LogP contribution in [0.25, 0.3) is 11.0 Å². The Morgan fingerprint density at radius 2 is 1.71 bits per heavy atom. The number of nitrogens with one attached hydrogen (secondary N) is 1. The Hall–Kier alpha value is -3.81. The van der Waals surface area contributed by atoms with E-state index in [0.717, 1.165) is 0 Å². The van der Waals surface area contributed by atoms with Crippen LogP contribution in [0.3, 0.4) is 0 Å². The average molecular weight is 381 g/mol.